The lowest BCUT2D eigenvalue weighted by atomic mass is 9.93. The van der Waals surface area contributed by atoms with E-state index in [-0.39, 0.29) is 30.7 Å². The van der Waals surface area contributed by atoms with Crippen molar-refractivity contribution in [3.63, 3.8) is 0 Å². The van der Waals surface area contributed by atoms with Crippen LogP contribution in [0.5, 0.6) is 0 Å². The Morgan fingerprint density at radius 1 is 1.31 bits per heavy atom. The van der Waals surface area contributed by atoms with E-state index in [4.69, 9.17) is 0 Å². The average molecular weight is 416 g/mol. The molecule has 1 aromatic carbocycles. The van der Waals surface area contributed by atoms with Crippen LogP contribution in [0.25, 0.3) is 10.6 Å². The zero-order chi connectivity index (χ0) is 16.9. The van der Waals surface area contributed by atoms with Crippen molar-refractivity contribution in [3.8, 4) is 10.6 Å². The van der Waals surface area contributed by atoms with Crippen LogP contribution in [0.2, 0.25) is 0 Å². The van der Waals surface area contributed by atoms with Crippen molar-refractivity contribution >= 4 is 42.1 Å². The molecule has 1 aliphatic heterocycles. The summed E-state index contributed by atoms with van der Waals surface area (Å²) >= 11 is 1.62. The van der Waals surface area contributed by atoms with Gasteiger partial charge in [0.25, 0.3) is 5.91 Å². The van der Waals surface area contributed by atoms with Gasteiger partial charge in [0.15, 0.2) is 0 Å². The Morgan fingerprint density at radius 3 is 2.65 bits per heavy atom. The van der Waals surface area contributed by atoms with E-state index in [2.05, 4.69) is 10.3 Å². The van der Waals surface area contributed by atoms with Crippen LogP contribution in [0.1, 0.15) is 35.3 Å². The van der Waals surface area contributed by atoms with Crippen LogP contribution in [0.3, 0.4) is 0 Å². The lowest BCUT2D eigenvalue weighted by Crippen LogP contribution is -2.38. The molecule has 0 aliphatic carbocycles. The monoisotopic (exact) mass is 415 g/mol. The molecule has 26 heavy (non-hydrogen) atoms. The quantitative estimate of drug-likeness (QED) is 0.785. The fourth-order valence-electron chi connectivity index (χ4n) is 3.23. The third-order valence-corrected chi connectivity index (χ3v) is 5.69. The van der Waals surface area contributed by atoms with Gasteiger partial charge in [-0.2, -0.15) is 0 Å². The summed E-state index contributed by atoms with van der Waals surface area (Å²) in [6, 6.07) is 7.88. The largest absolute Gasteiger partial charge is 0.339 e. The van der Waals surface area contributed by atoms with E-state index < -0.39 is 0 Å². The Bertz CT molecular complexity index is 700. The summed E-state index contributed by atoms with van der Waals surface area (Å²) in [5.41, 5.74) is 2.83. The van der Waals surface area contributed by atoms with Crippen molar-refractivity contribution in [2.45, 2.75) is 26.2 Å². The van der Waals surface area contributed by atoms with Gasteiger partial charge in [0.1, 0.15) is 5.01 Å². The number of nitrogens with zero attached hydrogens (tertiary/aromatic N) is 2. The normalized spacial score (nSPS) is 14.5. The maximum absolute atomic E-state index is 12.8. The molecule has 0 radical (unpaired) electrons. The number of likely N-dealkylation sites (tertiary alicyclic amines) is 1. The summed E-state index contributed by atoms with van der Waals surface area (Å²) in [5, 5.41) is 6.23. The van der Waals surface area contributed by atoms with E-state index in [0.717, 1.165) is 60.2 Å². The van der Waals surface area contributed by atoms with E-state index in [9.17, 15) is 4.79 Å². The maximum Gasteiger partial charge on any atom is 0.253 e. The Morgan fingerprint density at radius 2 is 2.04 bits per heavy atom. The van der Waals surface area contributed by atoms with E-state index >= 15 is 0 Å². The third-order valence-electron chi connectivity index (χ3n) is 4.68. The van der Waals surface area contributed by atoms with Gasteiger partial charge in [0.2, 0.25) is 0 Å². The molecule has 0 saturated carbocycles. The number of piperidine rings is 1. The van der Waals surface area contributed by atoms with Gasteiger partial charge in [-0.1, -0.05) is 12.1 Å². The number of hydrogen-bond donors (Lipinski definition) is 1. The lowest BCUT2D eigenvalue weighted by Gasteiger charge is -2.32. The van der Waals surface area contributed by atoms with Crippen molar-refractivity contribution in [3.05, 3.63) is 40.9 Å². The van der Waals surface area contributed by atoms with Crippen molar-refractivity contribution in [1.29, 1.82) is 0 Å². The minimum Gasteiger partial charge on any atom is -0.339 e. The molecule has 0 spiro atoms. The molecule has 3 rings (SSSR count). The van der Waals surface area contributed by atoms with Crippen LogP contribution in [0.15, 0.2) is 29.6 Å². The third kappa shape index (κ3) is 5.68. The predicted octanol–water partition coefficient (Wildman–Crippen LogP) is 4.42. The summed E-state index contributed by atoms with van der Waals surface area (Å²) in [6.45, 7) is 4.79. The highest BCUT2D eigenvalue weighted by atomic mass is 35.5. The number of aryl methyl sites for hydroxylation is 1. The van der Waals surface area contributed by atoms with Gasteiger partial charge in [-0.15, -0.1) is 36.2 Å². The number of thiazole rings is 1. The first-order valence-corrected chi connectivity index (χ1v) is 9.52. The topological polar surface area (TPSA) is 45.2 Å². The lowest BCUT2D eigenvalue weighted by molar-refractivity contribution is 0.0687. The van der Waals surface area contributed by atoms with Crippen LogP contribution in [0.4, 0.5) is 0 Å². The summed E-state index contributed by atoms with van der Waals surface area (Å²) in [4.78, 5) is 19.3. The van der Waals surface area contributed by atoms with E-state index in [1.54, 1.807) is 11.3 Å². The maximum atomic E-state index is 12.8. The van der Waals surface area contributed by atoms with Crippen molar-refractivity contribution in [2.24, 2.45) is 5.92 Å². The zero-order valence-electron chi connectivity index (χ0n) is 15.2. The highest BCUT2D eigenvalue weighted by Gasteiger charge is 2.23. The molecule has 1 fully saturated rings. The predicted molar refractivity (Wildman–Crippen MR) is 114 cm³/mol. The van der Waals surface area contributed by atoms with Crippen LogP contribution >= 0.6 is 36.2 Å². The minimum absolute atomic E-state index is 0. The number of carbonyl (C=O) groups is 1. The standard InChI is InChI=1S/C19H25N3OS.2ClH/c1-14-13-24-18(21-14)16-4-3-5-17(12-16)19(23)22-10-7-15(8-11-22)6-9-20-2;;/h3-5,12-13,15,20H,6-11H2,1-2H3;2*1H. The molecule has 0 unspecified atom stereocenters. The van der Waals surface area contributed by atoms with Gasteiger partial charge in [-0.05, 0) is 57.8 Å². The summed E-state index contributed by atoms with van der Waals surface area (Å²) in [5.74, 6) is 0.892. The summed E-state index contributed by atoms with van der Waals surface area (Å²) < 4.78 is 0. The molecule has 1 aromatic heterocycles. The molecule has 4 nitrogen and oxygen atoms in total. The molecular formula is C19H27Cl2N3OS. The molecule has 144 valence electrons. The highest BCUT2D eigenvalue weighted by Crippen LogP contribution is 2.26. The number of hydrogen-bond acceptors (Lipinski definition) is 4. The Hall–Kier alpha value is -1.14. The SMILES string of the molecule is CNCCC1CCN(C(=O)c2cccc(-c3nc(C)cs3)c2)CC1.Cl.Cl. The highest BCUT2D eigenvalue weighted by molar-refractivity contribution is 7.13. The van der Waals surface area contributed by atoms with Gasteiger partial charge in [0.05, 0.1) is 0 Å². The van der Waals surface area contributed by atoms with Gasteiger partial charge in [-0.3, -0.25) is 4.79 Å². The van der Waals surface area contributed by atoms with Crippen LogP contribution in [-0.2, 0) is 0 Å². The second-order valence-electron chi connectivity index (χ2n) is 6.50. The average Bonchev–Trinajstić information content (AvgIpc) is 3.06. The number of halogens is 2. The van der Waals surface area contributed by atoms with E-state index in [0.29, 0.717) is 0 Å². The number of nitrogens with one attached hydrogen (secondary N) is 1. The number of amides is 1. The smallest absolute Gasteiger partial charge is 0.253 e. The van der Waals surface area contributed by atoms with Crippen molar-refractivity contribution in [1.82, 2.24) is 15.2 Å². The molecule has 1 aliphatic rings. The van der Waals surface area contributed by atoms with Gasteiger partial charge in [-0.25, -0.2) is 4.98 Å². The first kappa shape index (κ1) is 22.9. The van der Waals surface area contributed by atoms with Crippen molar-refractivity contribution < 1.29 is 4.79 Å². The molecule has 2 aromatic rings. The first-order valence-electron chi connectivity index (χ1n) is 8.64. The second-order valence-corrected chi connectivity index (χ2v) is 7.36. The number of benzene rings is 1. The van der Waals surface area contributed by atoms with Gasteiger partial charge < -0.3 is 10.2 Å². The van der Waals surface area contributed by atoms with Gasteiger partial charge >= 0.3 is 0 Å². The minimum atomic E-state index is 0. The first-order chi connectivity index (χ1) is 11.7. The Balaban J connectivity index is 0.00000169. The fourth-order valence-corrected chi connectivity index (χ4v) is 4.02. The number of aromatic nitrogens is 1. The van der Waals surface area contributed by atoms with E-state index in [1.807, 2.05) is 48.5 Å². The van der Waals surface area contributed by atoms with E-state index in [1.165, 1.54) is 6.42 Å². The molecule has 1 saturated heterocycles. The Kier molecular flexibility index (Phi) is 9.58. The van der Waals surface area contributed by atoms with Crippen LogP contribution in [-0.4, -0.2) is 42.5 Å². The molecule has 7 heteroatoms. The molecular weight excluding hydrogens is 389 g/mol. The van der Waals surface area contributed by atoms with Gasteiger partial charge in [0, 0.05) is 35.3 Å². The summed E-state index contributed by atoms with van der Waals surface area (Å²) in [6.07, 6.45) is 3.43. The summed E-state index contributed by atoms with van der Waals surface area (Å²) in [7, 11) is 2.00. The molecule has 0 bridgehead atoms. The molecule has 1 amide bonds. The fraction of sp³-hybridized carbons (Fsp3) is 0.474. The Labute approximate surface area is 172 Å². The molecule has 0 atom stereocenters. The van der Waals surface area contributed by atoms with Crippen molar-refractivity contribution in [2.75, 3.05) is 26.7 Å². The number of rotatable bonds is 5. The molecule has 2 heterocycles. The van der Waals surface area contributed by atoms with Crippen LogP contribution in [0, 0.1) is 12.8 Å². The molecule has 1 N–H and O–H groups in total. The second kappa shape index (κ2) is 10.9. The van der Waals surface area contributed by atoms with Crippen LogP contribution < -0.4 is 5.32 Å². The number of carbonyl (C=O) groups excluding carboxylic acids is 1. The zero-order valence-corrected chi connectivity index (χ0v) is 17.7.